The molecule has 0 spiro atoms. The Kier molecular flexibility index (Phi) is 11.1. The predicted molar refractivity (Wildman–Crippen MR) is 161 cm³/mol. The molecule has 11 nitrogen and oxygen atoms in total. The van der Waals surface area contributed by atoms with Crippen LogP contribution in [-0.4, -0.2) is 76.6 Å². The largest absolute Gasteiger partial charge is 0.344 e. The van der Waals surface area contributed by atoms with Gasteiger partial charge in [0.05, 0.1) is 0 Å². The van der Waals surface area contributed by atoms with Gasteiger partial charge in [0.1, 0.15) is 17.8 Å². The zero-order valence-electron chi connectivity index (χ0n) is 25.0. The van der Waals surface area contributed by atoms with Crippen LogP contribution in [0.5, 0.6) is 0 Å². The first-order chi connectivity index (χ1) is 20.2. The number of carbonyl (C=O) groups excluding carboxylic acids is 4. The maximum Gasteiger partial charge on any atom is 0.270 e. The molecule has 1 unspecified atom stereocenters. The Labute approximate surface area is 248 Å². The van der Waals surface area contributed by atoms with Crippen LogP contribution in [-0.2, 0) is 20.8 Å². The number of hydrogen-bond donors (Lipinski definition) is 4. The van der Waals surface area contributed by atoms with E-state index in [0.29, 0.717) is 30.9 Å². The number of nitrogens with zero attached hydrogens (tertiary/aromatic N) is 3. The SMILES string of the molecule is CC(=O)NC(Cc1ccc(NC(=O)[C@@H](NC(=O)c2ccnn2C(C)C)C2CCCCCC2)cc1)C(=O)N1CCNCC1. The lowest BCUT2D eigenvalue weighted by Crippen LogP contribution is -2.54. The summed E-state index contributed by atoms with van der Waals surface area (Å²) in [6.07, 6.45) is 8.05. The average molecular weight is 580 g/mol. The number of hydrogen-bond acceptors (Lipinski definition) is 6. The number of piperazine rings is 1. The summed E-state index contributed by atoms with van der Waals surface area (Å²) < 4.78 is 1.66. The van der Waals surface area contributed by atoms with Gasteiger partial charge in [-0.2, -0.15) is 5.10 Å². The molecule has 4 amide bonds. The maximum absolute atomic E-state index is 13.6. The third kappa shape index (κ3) is 8.40. The van der Waals surface area contributed by atoms with Gasteiger partial charge in [0.2, 0.25) is 17.7 Å². The molecule has 1 saturated carbocycles. The van der Waals surface area contributed by atoms with Gasteiger partial charge in [-0.05, 0) is 56.4 Å². The maximum atomic E-state index is 13.6. The minimum atomic E-state index is -0.674. The number of benzene rings is 1. The van der Waals surface area contributed by atoms with E-state index in [1.165, 1.54) is 6.92 Å². The van der Waals surface area contributed by atoms with E-state index in [9.17, 15) is 19.2 Å². The molecule has 42 heavy (non-hydrogen) atoms. The molecule has 2 aliphatic rings. The highest BCUT2D eigenvalue weighted by molar-refractivity contribution is 6.00. The van der Waals surface area contributed by atoms with Crippen molar-refractivity contribution in [1.29, 1.82) is 0 Å². The van der Waals surface area contributed by atoms with Gasteiger partial charge in [-0.25, -0.2) is 0 Å². The van der Waals surface area contributed by atoms with E-state index in [1.807, 2.05) is 26.0 Å². The normalized spacial score (nSPS) is 17.7. The Hall–Kier alpha value is -3.73. The molecular weight excluding hydrogens is 534 g/mol. The van der Waals surface area contributed by atoms with Crippen molar-refractivity contribution in [2.45, 2.75) is 83.8 Å². The molecule has 228 valence electrons. The fourth-order valence-electron chi connectivity index (χ4n) is 5.89. The Bertz CT molecular complexity index is 1210. The monoisotopic (exact) mass is 579 g/mol. The fourth-order valence-corrected chi connectivity index (χ4v) is 5.89. The van der Waals surface area contributed by atoms with Crippen molar-refractivity contribution in [1.82, 2.24) is 30.6 Å². The third-order valence-electron chi connectivity index (χ3n) is 8.10. The van der Waals surface area contributed by atoms with E-state index in [2.05, 4.69) is 26.4 Å². The van der Waals surface area contributed by atoms with Crippen LogP contribution >= 0.6 is 0 Å². The highest BCUT2D eigenvalue weighted by Gasteiger charge is 2.32. The molecular formula is C31H45N7O4. The number of anilines is 1. The van der Waals surface area contributed by atoms with Crippen molar-refractivity contribution in [2.24, 2.45) is 5.92 Å². The highest BCUT2D eigenvalue weighted by Crippen LogP contribution is 2.27. The molecule has 1 aromatic heterocycles. The Morgan fingerprint density at radius 2 is 1.62 bits per heavy atom. The summed E-state index contributed by atoms with van der Waals surface area (Å²) in [5, 5.41) is 16.3. The van der Waals surface area contributed by atoms with Crippen LogP contribution in [0.25, 0.3) is 0 Å². The lowest BCUT2D eigenvalue weighted by molar-refractivity contribution is -0.136. The van der Waals surface area contributed by atoms with Crippen LogP contribution in [0.3, 0.4) is 0 Å². The van der Waals surface area contributed by atoms with Crippen molar-refractivity contribution >= 4 is 29.3 Å². The first kappa shape index (κ1) is 31.2. The predicted octanol–water partition coefficient (Wildman–Crippen LogP) is 2.65. The standard InChI is InChI=1S/C31H45N7O4/c1-21(2)38-27(14-15-33-38)29(40)36-28(24-8-6-4-5-7-9-24)30(41)35-25-12-10-23(11-13-25)20-26(34-22(3)39)31(42)37-18-16-32-17-19-37/h10-15,21,24,26,28,32H,4-9,16-20H2,1-3H3,(H,34,39)(H,35,41)(H,36,40)/t26?,28-/m0/s1. The smallest absolute Gasteiger partial charge is 0.270 e. The van der Waals surface area contributed by atoms with Crippen LogP contribution < -0.4 is 21.3 Å². The molecule has 2 fully saturated rings. The number of amides is 4. The summed E-state index contributed by atoms with van der Waals surface area (Å²) in [5.74, 6) is -0.858. The average Bonchev–Trinajstić information content (AvgIpc) is 3.33. The molecule has 1 aliphatic heterocycles. The van der Waals surface area contributed by atoms with Crippen LogP contribution in [0.2, 0.25) is 0 Å². The second-order valence-electron chi connectivity index (χ2n) is 11.7. The molecule has 1 aromatic carbocycles. The van der Waals surface area contributed by atoms with E-state index in [0.717, 1.165) is 57.2 Å². The van der Waals surface area contributed by atoms with E-state index in [-0.39, 0.29) is 35.6 Å². The van der Waals surface area contributed by atoms with Crippen molar-refractivity contribution in [3.63, 3.8) is 0 Å². The molecule has 4 N–H and O–H groups in total. The first-order valence-corrected chi connectivity index (χ1v) is 15.2. The van der Waals surface area contributed by atoms with Crippen molar-refractivity contribution in [3.8, 4) is 0 Å². The summed E-state index contributed by atoms with van der Waals surface area (Å²) in [6.45, 7) is 8.02. The van der Waals surface area contributed by atoms with Gasteiger partial charge >= 0.3 is 0 Å². The van der Waals surface area contributed by atoms with Crippen LogP contribution in [0.15, 0.2) is 36.5 Å². The van der Waals surface area contributed by atoms with Gasteiger partial charge in [-0.15, -0.1) is 0 Å². The molecule has 4 rings (SSSR count). The van der Waals surface area contributed by atoms with Gasteiger partial charge in [-0.1, -0.05) is 37.8 Å². The Balaban J connectivity index is 1.45. The summed E-state index contributed by atoms with van der Waals surface area (Å²) in [6, 6.07) is 7.67. The van der Waals surface area contributed by atoms with Crippen molar-refractivity contribution < 1.29 is 19.2 Å². The molecule has 0 bridgehead atoms. The lowest BCUT2D eigenvalue weighted by atomic mass is 9.91. The molecule has 0 radical (unpaired) electrons. The topological polar surface area (TPSA) is 137 Å². The van der Waals surface area contributed by atoms with Gasteiger partial charge in [0.25, 0.3) is 5.91 Å². The van der Waals surface area contributed by atoms with Gasteiger partial charge in [-0.3, -0.25) is 23.9 Å². The Morgan fingerprint density at radius 1 is 0.952 bits per heavy atom. The summed E-state index contributed by atoms with van der Waals surface area (Å²) in [5.41, 5.74) is 1.91. The zero-order chi connectivity index (χ0) is 30.1. The van der Waals surface area contributed by atoms with Crippen molar-refractivity contribution in [2.75, 3.05) is 31.5 Å². The summed E-state index contributed by atoms with van der Waals surface area (Å²) >= 11 is 0. The lowest BCUT2D eigenvalue weighted by Gasteiger charge is -2.31. The summed E-state index contributed by atoms with van der Waals surface area (Å²) in [4.78, 5) is 53.7. The fraction of sp³-hybridized carbons (Fsp3) is 0.581. The van der Waals surface area contributed by atoms with Gasteiger partial charge in [0, 0.05) is 57.4 Å². The number of carbonyl (C=O) groups is 4. The van der Waals surface area contributed by atoms with Crippen LogP contribution in [0.1, 0.15) is 81.4 Å². The molecule has 2 heterocycles. The highest BCUT2D eigenvalue weighted by atomic mass is 16.2. The number of nitrogens with one attached hydrogen (secondary N) is 4. The quantitative estimate of drug-likeness (QED) is 0.320. The number of rotatable bonds is 10. The first-order valence-electron chi connectivity index (χ1n) is 15.2. The van der Waals surface area contributed by atoms with E-state index in [1.54, 1.807) is 34.0 Å². The minimum absolute atomic E-state index is 0.0156. The van der Waals surface area contributed by atoms with E-state index >= 15 is 0 Å². The molecule has 1 aliphatic carbocycles. The van der Waals surface area contributed by atoms with Crippen LogP contribution in [0.4, 0.5) is 5.69 Å². The zero-order valence-corrected chi connectivity index (χ0v) is 25.0. The number of aromatic nitrogens is 2. The van der Waals surface area contributed by atoms with E-state index in [4.69, 9.17) is 0 Å². The Morgan fingerprint density at radius 3 is 2.24 bits per heavy atom. The van der Waals surface area contributed by atoms with Crippen LogP contribution in [0, 0.1) is 5.92 Å². The minimum Gasteiger partial charge on any atom is -0.344 e. The molecule has 1 saturated heterocycles. The molecule has 2 atom stereocenters. The van der Waals surface area contributed by atoms with Gasteiger partial charge < -0.3 is 26.2 Å². The second kappa shape index (κ2) is 14.9. The second-order valence-corrected chi connectivity index (χ2v) is 11.7. The third-order valence-corrected chi connectivity index (χ3v) is 8.10. The van der Waals surface area contributed by atoms with Gasteiger partial charge in [0.15, 0.2) is 0 Å². The van der Waals surface area contributed by atoms with E-state index < -0.39 is 12.1 Å². The summed E-state index contributed by atoms with van der Waals surface area (Å²) in [7, 11) is 0. The molecule has 2 aromatic rings. The van der Waals surface area contributed by atoms with Crippen molar-refractivity contribution in [3.05, 3.63) is 47.8 Å². The molecule has 11 heteroatoms.